The fraction of sp³-hybridized carbons (Fsp3) is 0.250. The Balaban J connectivity index is 3.94. The number of halogens is 4. The Kier molecular flexibility index (Phi) is 4.00. The molecule has 0 aliphatic carbocycles. The average Bonchev–Trinajstić information content (AvgIpc) is 2.42. The van der Waals surface area contributed by atoms with Gasteiger partial charge in [-0.1, -0.05) is 6.92 Å². The number of hydrogen-bond donors (Lipinski definition) is 1. The lowest BCUT2D eigenvalue weighted by atomic mass is 9.78. The lowest BCUT2D eigenvalue weighted by Crippen LogP contribution is -2.36. The highest BCUT2D eigenvalue weighted by atomic mass is 19.2. The number of rotatable bonds is 3. The van der Waals surface area contributed by atoms with Crippen LogP contribution in [0, 0.1) is 45.9 Å². The van der Waals surface area contributed by atoms with Gasteiger partial charge in [0, 0.05) is 0 Å². The van der Waals surface area contributed by atoms with Crippen LogP contribution in [-0.2, 0) is 10.2 Å². The molecule has 0 saturated heterocycles. The molecule has 1 aromatic carbocycles. The molecule has 0 saturated carbocycles. The van der Waals surface area contributed by atoms with Crippen LogP contribution in [0.1, 0.15) is 24.5 Å². The summed E-state index contributed by atoms with van der Waals surface area (Å²) in [6, 6.07) is 2.09. The van der Waals surface area contributed by atoms with Crippen LogP contribution in [0.3, 0.4) is 0 Å². The molecule has 0 aliphatic rings. The van der Waals surface area contributed by atoms with Crippen LogP contribution >= 0.6 is 0 Å². The highest BCUT2D eigenvalue weighted by Gasteiger charge is 2.46. The average molecular weight is 286 g/mol. The molecule has 0 amide bonds. The summed E-state index contributed by atoms with van der Waals surface area (Å²) in [5.41, 5.74) is -5.86. The van der Waals surface area contributed by atoms with Gasteiger partial charge in [0.15, 0.2) is 28.7 Å². The van der Waals surface area contributed by atoms with Crippen LogP contribution in [-0.4, -0.2) is 11.1 Å². The summed E-state index contributed by atoms with van der Waals surface area (Å²) in [7, 11) is 0. The minimum absolute atomic E-state index is 0.628. The fourth-order valence-electron chi connectivity index (χ4n) is 1.72. The lowest BCUT2D eigenvalue weighted by molar-refractivity contribution is -0.141. The summed E-state index contributed by atoms with van der Waals surface area (Å²) >= 11 is 0. The molecular weight excluding hydrogens is 280 g/mol. The highest BCUT2D eigenvalue weighted by molar-refractivity contribution is 5.85. The second-order valence-corrected chi connectivity index (χ2v) is 3.79. The van der Waals surface area contributed by atoms with Crippen molar-refractivity contribution < 1.29 is 27.5 Å². The summed E-state index contributed by atoms with van der Waals surface area (Å²) < 4.78 is 54.5. The van der Waals surface area contributed by atoms with Crippen molar-refractivity contribution in [3.63, 3.8) is 0 Å². The van der Waals surface area contributed by atoms with E-state index in [1.54, 1.807) is 0 Å². The third-order valence-electron chi connectivity index (χ3n) is 2.89. The van der Waals surface area contributed by atoms with E-state index in [4.69, 9.17) is 15.6 Å². The molecule has 0 bridgehead atoms. The molecule has 1 rings (SSSR count). The van der Waals surface area contributed by atoms with E-state index in [0.29, 0.717) is 0 Å². The van der Waals surface area contributed by atoms with E-state index in [0.717, 1.165) is 19.1 Å². The molecule has 1 atom stereocenters. The number of aliphatic carboxylic acids is 1. The summed E-state index contributed by atoms with van der Waals surface area (Å²) in [4.78, 5) is 11.1. The number of carbonyl (C=O) groups is 1. The van der Waals surface area contributed by atoms with Gasteiger partial charge in [-0.15, -0.1) is 0 Å². The maximum absolute atomic E-state index is 13.8. The van der Waals surface area contributed by atoms with Crippen LogP contribution in [0.5, 0.6) is 0 Å². The molecule has 8 heteroatoms. The molecule has 0 fully saturated rings. The Labute approximate surface area is 110 Å². The van der Waals surface area contributed by atoms with E-state index in [2.05, 4.69) is 0 Å². The second kappa shape index (κ2) is 5.17. The molecule has 1 N–H and O–H groups in total. The van der Waals surface area contributed by atoms with Crippen molar-refractivity contribution in [1.82, 2.24) is 0 Å². The molecule has 0 radical (unpaired) electrons. The van der Waals surface area contributed by atoms with Crippen LogP contribution < -0.4 is 0 Å². The van der Waals surface area contributed by atoms with E-state index in [-0.39, 0.29) is 0 Å². The first-order valence-corrected chi connectivity index (χ1v) is 5.19. The predicted octanol–water partition coefficient (Wildman–Crippen LogP) is 2.37. The van der Waals surface area contributed by atoms with Gasteiger partial charge in [-0.3, -0.25) is 4.79 Å². The summed E-state index contributed by atoms with van der Waals surface area (Å²) in [5, 5.41) is 26.3. The number of carboxylic acid groups (broad SMARTS) is 1. The van der Waals surface area contributed by atoms with Gasteiger partial charge in [0.1, 0.15) is 11.6 Å². The Morgan fingerprint density at radius 1 is 1.15 bits per heavy atom. The van der Waals surface area contributed by atoms with E-state index in [1.807, 2.05) is 0 Å². The molecule has 0 heterocycles. The SMILES string of the molecule is CCC(C#N)(C(=O)O)c1c(F)c(F)c(C#N)c(F)c1F. The number of nitrogens with zero attached hydrogens (tertiary/aromatic N) is 2. The zero-order valence-corrected chi connectivity index (χ0v) is 9.97. The largest absolute Gasteiger partial charge is 0.480 e. The van der Waals surface area contributed by atoms with E-state index < -0.39 is 52.2 Å². The zero-order valence-electron chi connectivity index (χ0n) is 9.97. The van der Waals surface area contributed by atoms with Crippen LogP contribution in [0.25, 0.3) is 0 Å². The van der Waals surface area contributed by atoms with Crippen molar-refractivity contribution >= 4 is 5.97 Å². The highest BCUT2D eigenvalue weighted by Crippen LogP contribution is 2.35. The van der Waals surface area contributed by atoms with Crippen molar-refractivity contribution in [1.29, 1.82) is 10.5 Å². The van der Waals surface area contributed by atoms with Crippen molar-refractivity contribution in [2.24, 2.45) is 0 Å². The third kappa shape index (κ3) is 1.86. The predicted molar refractivity (Wildman–Crippen MR) is 56.2 cm³/mol. The van der Waals surface area contributed by atoms with Gasteiger partial charge in [-0.2, -0.15) is 10.5 Å². The minimum Gasteiger partial charge on any atom is -0.480 e. The normalized spacial score (nSPS) is 13.2. The van der Waals surface area contributed by atoms with E-state index >= 15 is 0 Å². The number of carboxylic acids is 1. The van der Waals surface area contributed by atoms with Gasteiger partial charge in [0.2, 0.25) is 0 Å². The minimum atomic E-state index is -2.79. The molecule has 0 aliphatic heterocycles. The number of hydrogen-bond acceptors (Lipinski definition) is 3. The van der Waals surface area contributed by atoms with Gasteiger partial charge in [0.25, 0.3) is 0 Å². The first kappa shape index (κ1) is 15.4. The molecule has 0 aromatic heterocycles. The van der Waals surface area contributed by atoms with Crippen molar-refractivity contribution in [3.05, 3.63) is 34.4 Å². The first-order chi connectivity index (χ1) is 9.28. The Morgan fingerprint density at radius 2 is 1.60 bits per heavy atom. The standard InChI is InChI=1S/C12H6F4N2O2/c1-2-12(4-18,11(19)20)6-9(15)7(13)5(3-17)8(14)10(6)16/h2H2,1H3,(H,19,20). The quantitative estimate of drug-likeness (QED) is 0.682. The Hall–Kier alpha value is -2.61. The van der Waals surface area contributed by atoms with Crippen LogP contribution in [0.4, 0.5) is 17.6 Å². The van der Waals surface area contributed by atoms with Crippen molar-refractivity contribution in [2.75, 3.05) is 0 Å². The summed E-state index contributed by atoms with van der Waals surface area (Å²) in [6.07, 6.45) is -0.628. The molecule has 1 aromatic rings. The van der Waals surface area contributed by atoms with E-state index in [1.165, 1.54) is 0 Å². The smallest absolute Gasteiger partial charge is 0.328 e. The van der Waals surface area contributed by atoms with Crippen molar-refractivity contribution in [3.8, 4) is 12.1 Å². The van der Waals surface area contributed by atoms with Gasteiger partial charge in [0.05, 0.1) is 11.6 Å². The molecular formula is C12H6F4N2O2. The Morgan fingerprint density at radius 3 is 1.85 bits per heavy atom. The van der Waals surface area contributed by atoms with Gasteiger partial charge < -0.3 is 5.11 Å². The third-order valence-corrected chi connectivity index (χ3v) is 2.89. The number of benzene rings is 1. The summed E-state index contributed by atoms with van der Waals surface area (Å²) in [6.45, 7) is 1.12. The van der Waals surface area contributed by atoms with Crippen molar-refractivity contribution in [2.45, 2.75) is 18.8 Å². The van der Waals surface area contributed by atoms with Crippen LogP contribution in [0.15, 0.2) is 0 Å². The second-order valence-electron chi connectivity index (χ2n) is 3.79. The topological polar surface area (TPSA) is 84.9 Å². The molecule has 0 spiro atoms. The van der Waals surface area contributed by atoms with Gasteiger partial charge in [-0.05, 0) is 6.42 Å². The maximum atomic E-state index is 13.8. The fourth-order valence-corrected chi connectivity index (χ4v) is 1.72. The monoisotopic (exact) mass is 286 g/mol. The lowest BCUT2D eigenvalue weighted by Gasteiger charge is -2.22. The van der Waals surface area contributed by atoms with Gasteiger partial charge in [-0.25, -0.2) is 17.6 Å². The molecule has 4 nitrogen and oxygen atoms in total. The zero-order chi connectivity index (χ0) is 15.7. The molecule has 20 heavy (non-hydrogen) atoms. The number of nitriles is 2. The first-order valence-electron chi connectivity index (χ1n) is 5.19. The van der Waals surface area contributed by atoms with E-state index in [9.17, 15) is 22.4 Å². The summed E-state index contributed by atoms with van der Waals surface area (Å²) in [5.74, 6) is -10.1. The molecule has 1 unspecified atom stereocenters. The maximum Gasteiger partial charge on any atom is 0.328 e. The molecule has 104 valence electrons. The van der Waals surface area contributed by atoms with Gasteiger partial charge >= 0.3 is 5.97 Å². The Bertz CT molecular complexity index is 647. The van der Waals surface area contributed by atoms with Crippen LogP contribution in [0.2, 0.25) is 0 Å².